The van der Waals surface area contributed by atoms with Crippen LogP contribution >= 0.6 is 12.2 Å². The molecule has 4 aromatic rings. The summed E-state index contributed by atoms with van der Waals surface area (Å²) in [5, 5.41) is 4.35. The molecular weight excluding hydrogens is 424 g/mol. The minimum Gasteiger partial charge on any atom is -0.352 e. The third-order valence-electron chi connectivity index (χ3n) is 6.54. The smallest absolute Gasteiger partial charge is 0.170 e. The van der Waals surface area contributed by atoms with E-state index in [-0.39, 0.29) is 12.1 Å². The minimum atomic E-state index is -0.0202. The lowest BCUT2D eigenvalue weighted by Gasteiger charge is -2.28. The lowest BCUT2D eigenvalue weighted by molar-refractivity contribution is 0.310. The summed E-state index contributed by atoms with van der Waals surface area (Å²) >= 11 is 5.87. The second-order valence-electron chi connectivity index (χ2n) is 8.69. The summed E-state index contributed by atoms with van der Waals surface area (Å²) in [4.78, 5) is 7.00. The van der Waals surface area contributed by atoms with Crippen molar-refractivity contribution >= 4 is 17.3 Å². The van der Waals surface area contributed by atoms with Crippen molar-refractivity contribution in [1.29, 1.82) is 0 Å². The second kappa shape index (κ2) is 8.83. The zero-order valence-electron chi connectivity index (χ0n) is 19.2. The van der Waals surface area contributed by atoms with Gasteiger partial charge in [0.05, 0.1) is 17.8 Å². The van der Waals surface area contributed by atoms with E-state index >= 15 is 0 Å². The molecule has 0 amide bonds. The maximum Gasteiger partial charge on any atom is 0.170 e. The number of nitrogens with zero attached hydrogens (tertiary/aromatic N) is 3. The molecule has 0 saturated carbocycles. The number of aryl methyl sites for hydroxylation is 2. The summed E-state index contributed by atoms with van der Waals surface area (Å²) in [6.07, 6.45) is 1.85. The molecule has 0 aliphatic carbocycles. The molecule has 0 unspecified atom stereocenters. The number of para-hydroxylation sites is 1. The molecule has 1 aliphatic heterocycles. The van der Waals surface area contributed by atoms with Crippen molar-refractivity contribution in [2.75, 3.05) is 0 Å². The topological polar surface area (TPSA) is 33.1 Å². The van der Waals surface area contributed by atoms with Crippen LogP contribution in [-0.2, 0) is 6.54 Å². The molecule has 2 aromatic heterocycles. The van der Waals surface area contributed by atoms with E-state index in [4.69, 9.17) is 12.2 Å². The van der Waals surface area contributed by atoms with Crippen LogP contribution in [0.2, 0.25) is 0 Å². The molecule has 2 atom stereocenters. The van der Waals surface area contributed by atoms with Crippen molar-refractivity contribution in [3.05, 3.63) is 119 Å². The highest BCUT2D eigenvalue weighted by Gasteiger charge is 2.41. The van der Waals surface area contributed by atoms with E-state index in [0.717, 1.165) is 17.4 Å². The predicted molar refractivity (Wildman–Crippen MR) is 137 cm³/mol. The van der Waals surface area contributed by atoms with Crippen LogP contribution in [0.4, 0.5) is 0 Å². The molecule has 0 bridgehead atoms. The summed E-state index contributed by atoms with van der Waals surface area (Å²) < 4.78 is 2.36. The molecule has 4 nitrogen and oxygen atoms in total. The molecule has 0 radical (unpaired) electrons. The van der Waals surface area contributed by atoms with Crippen LogP contribution < -0.4 is 5.32 Å². The van der Waals surface area contributed by atoms with E-state index in [0.29, 0.717) is 0 Å². The van der Waals surface area contributed by atoms with E-state index in [2.05, 4.69) is 101 Å². The van der Waals surface area contributed by atoms with E-state index < -0.39 is 0 Å². The van der Waals surface area contributed by atoms with Gasteiger partial charge in [-0.3, -0.25) is 4.98 Å². The van der Waals surface area contributed by atoms with Gasteiger partial charge in [0.1, 0.15) is 0 Å². The third-order valence-corrected chi connectivity index (χ3v) is 6.89. The monoisotopic (exact) mass is 452 g/mol. The zero-order chi connectivity index (χ0) is 22.9. The highest BCUT2D eigenvalue weighted by molar-refractivity contribution is 7.80. The standard InChI is InChI=1S/C28H28N4S/c1-19-11-7-8-15-25(19)32-20(2)17-23(21(32)3)27-26(24-14-9-10-16-29-24)30-28(33)31(27)18-22-12-5-4-6-13-22/h4-17,26-27H,18H2,1-3H3,(H,30,33)/t26-,27+/m1/s1. The van der Waals surface area contributed by atoms with Crippen LogP contribution in [0.25, 0.3) is 5.69 Å². The number of nitrogens with one attached hydrogen (secondary N) is 1. The van der Waals surface area contributed by atoms with Gasteiger partial charge in [-0.15, -0.1) is 0 Å². The fourth-order valence-corrected chi connectivity index (χ4v) is 5.27. The molecule has 3 heterocycles. The van der Waals surface area contributed by atoms with Crippen LogP contribution in [0.3, 0.4) is 0 Å². The van der Waals surface area contributed by atoms with Gasteiger partial charge in [0.2, 0.25) is 0 Å². The largest absolute Gasteiger partial charge is 0.352 e. The Balaban J connectivity index is 1.63. The Morgan fingerprint density at radius 3 is 2.36 bits per heavy atom. The van der Waals surface area contributed by atoms with Crippen molar-refractivity contribution < 1.29 is 0 Å². The first kappa shape index (κ1) is 21.4. The third kappa shape index (κ3) is 3.93. The molecule has 2 aromatic carbocycles. The van der Waals surface area contributed by atoms with Crippen molar-refractivity contribution in [3.8, 4) is 5.69 Å². The van der Waals surface area contributed by atoms with E-state index in [1.807, 2.05) is 24.4 Å². The SMILES string of the molecule is Cc1ccccc1-n1c(C)cc([C@H]2[C@@H](c3ccccn3)NC(=S)N2Cc2ccccc2)c1C. The molecule has 1 saturated heterocycles. The first-order chi connectivity index (χ1) is 16.0. The predicted octanol–water partition coefficient (Wildman–Crippen LogP) is 5.97. The molecule has 1 fully saturated rings. The van der Waals surface area contributed by atoms with Crippen molar-refractivity contribution in [3.63, 3.8) is 0 Å². The molecular formula is C28H28N4S. The molecule has 5 heteroatoms. The summed E-state index contributed by atoms with van der Waals surface area (Å²) in [5.74, 6) is 0. The first-order valence-electron chi connectivity index (χ1n) is 11.3. The number of hydrogen-bond acceptors (Lipinski definition) is 2. The van der Waals surface area contributed by atoms with Crippen LogP contribution in [-0.4, -0.2) is 19.6 Å². The maximum absolute atomic E-state index is 5.87. The van der Waals surface area contributed by atoms with Crippen molar-refractivity contribution in [2.24, 2.45) is 0 Å². The lowest BCUT2D eigenvalue weighted by atomic mass is 9.96. The number of thiocarbonyl (C=S) groups is 1. The van der Waals surface area contributed by atoms with E-state index in [1.165, 1.54) is 33.8 Å². The van der Waals surface area contributed by atoms with Gasteiger partial charge in [-0.2, -0.15) is 0 Å². The van der Waals surface area contributed by atoms with Gasteiger partial charge in [-0.25, -0.2) is 0 Å². The summed E-state index contributed by atoms with van der Waals surface area (Å²) in [7, 11) is 0. The van der Waals surface area contributed by atoms with Gasteiger partial charge >= 0.3 is 0 Å². The van der Waals surface area contributed by atoms with Gasteiger partial charge in [0, 0.05) is 29.8 Å². The van der Waals surface area contributed by atoms with E-state index in [9.17, 15) is 0 Å². The average Bonchev–Trinajstić information content (AvgIpc) is 3.30. The lowest BCUT2D eigenvalue weighted by Crippen LogP contribution is -2.29. The van der Waals surface area contributed by atoms with E-state index in [1.54, 1.807) is 0 Å². The Morgan fingerprint density at radius 2 is 1.64 bits per heavy atom. The number of aromatic nitrogens is 2. The highest BCUT2D eigenvalue weighted by Crippen LogP contribution is 2.42. The van der Waals surface area contributed by atoms with Gasteiger partial charge in [-0.1, -0.05) is 54.6 Å². The molecule has 0 spiro atoms. The molecule has 166 valence electrons. The van der Waals surface area contributed by atoms with Gasteiger partial charge < -0.3 is 14.8 Å². The van der Waals surface area contributed by atoms with Crippen LogP contribution in [0, 0.1) is 20.8 Å². The second-order valence-corrected chi connectivity index (χ2v) is 9.08. The fraction of sp³-hybridized carbons (Fsp3) is 0.214. The number of rotatable bonds is 5. The Bertz CT molecular complexity index is 1280. The fourth-order valence-electron chi connectivity index (χ4n) is 4.97. The Hall–Kier alpha value is -3.44. The molecule has 1 aliphatic rings. The summed E-state index contributed by atoms with van der Waals surface area (Å²) in [6, 6.07) is 27.5. The average molecular weight is 453 g/mol. The summed E-state index contributed by atoms with van der Waals surface area (Å²) in [6.45, 7) is 7.31. The molecule has 33 heavy (non-hydrogen) atoms. The number of pyridine rings is 1. The van der Waals surface area contributed by atoms with Gasteiger partial charge in [-0.05, 0) is 73.9 Å². The van der Waals surface area contributed by atoms with Gasteiger partial charge in [0.25, 0.3) is 0 Å². The zero-order valence-corrected chi connectivity index (χ0v) is 20.0. The Morgan fingerprint density at radius 1 is 0.909 bits per heavy atom. The quantitative estimate of drug-likeness (QED) is 0.378. The highest BCUT2D eigenvalue weighted by atomic mass is 32.1. The Kier molecular flexibility index (Phi) is 5.73. The summed E-state index contributed by atoms with van der Waals surface area (Å²) in [5.41, 5.74) is 8.44. The van der Waals surface area contributed by atoms with Crippen molar-refractivity contribution in [2.45, 2.75) is 39.4 Å². The van der Waals surface area contributed by atoms with Crippen LogP contribution in [0.5, 0.6) is 0 Å². The molecule has 5 rings (SSSR count). The normalized spacial score (nSPS) is 17.9. The minimum absolute atomic E-state index is 0.0202. The first-order valence-corrected chi connectivity index (χ1v) is 11.7. The number of benzene rings is 2. The van der Waals surface area contributed by atoms with Crippen molar-refractivity contribution in [1.82, 2.24) is 19.8 Å². The van der Waals surface area contributed by atoms with Crippen LogP contribution in [0.15, 0.2) is 85.1 Å². The number of hydrogen-bond donors (Lipinski definition) is 1. The van der Waals surface area contributed by atoms with Gasteiger partial charge in [0.15, 0.2) is 5.11 Å². The maximum atomic E-state index is 5.87. The Labute approximate surface area is 200 Å². The van der Waals surface area contributed by atoms with Crippen LogP contribution in [0.1, 0.15) is 45.9 Å². The molecule has 1 N–H and O–H groups in total.